The van der Waals surface area contributed by atoms with Crippen molar-refractivity contribution < 1.29 is 30.0 Å². The number of aliphatic carboxylic acids is 1. The Labute approximate surface area is 167 Å². The molecule has 0 bridgehead atoms. The van der Waals surface area contributed by atoms with Crippen LogP contribution in [0.2, 0.25) is 0 Å². The van der Waals surface area contributed by atoms with Crippen LogP contribution in [-0.2, 0) is 9.53 Å². The van der Waals surface area contributed by atoms with E-state index < -0.39 is 36.5 Å². The highest BCUT2D eigenvalue weighted by Crippen LogP contribution is 2.25. The van der Waals surface area contributed by atoms with Crippen LogP contribution in [0.5, 0.6) is 0 Å². The lowest BCUT2D eigenvalue weighted by Crippen LogP contribution is -2.25. The van der Waals surface area contributed by atoms with Crippen molar-refractivity contribution in [3.8, 4) is 0 Å². The van der Waals surface area contributed by atoms with Crippen LogP contribution in [0.4, 0.5) is 0 Å². The molecule has 158 valence electrons. The van der Waals surface area contributed by atoms with Gasteiger partial charge in [0.05, 0.1) is 24.4 Å². The van der Waals surface area contributed by atoms with Gasteiger partial charge < -0.3 is 25.2 Å². The van der Waals surface area contributed by atoms with Gasteiger partial charge in [0.25, 0.3) is 0 Å². The molecule has 0 radical (unpaired) electrons. The van der Waals surface area contributed by atoms with Gasteiger partial charge in [0.1, 0.15) is 6.10 Å². The van der Waals surface area contributed by atoms with Gasteiger partial charge in [0.15, 0.2) is 0 Å². The fourth-order valence-electron chi connectivity index (χ4n) is 2.84. The van der Waals surface area contributed by atoms with Crippen molar-refractivity contribution in [1.82, 2.24) is 0 Å². The Morgan fingerprint density at radius 3 is 2.54 bits per heavy atom. The number of rotatable bonds is 13. The van der Waals surface area contributed by atoms with Gasteiger partial charge in [-0.05, 0) is 32.1 Å². The van der Waals surface area contributed by atoms with Crippen LogP contribution in [0.3, 0.4) is 0 Å². The van der Waals surface area contributed by atoms with Crippen LogP contribution in [-0.4, -0.2) is 56.9 Å². The summed E-state index contributed by atoms with van der Waals surface area (Å²) in [6, 6.07) is 0. The highest BCUT2D eigenvalue weighted by Gasteiger charge is 2.35. The van der Waals surface area contributed by atoms with E-state index >= 15 is 0 Å². The number of hydrogen-bond donors (Lipinski definition) is 4. The summed E-state index contributed by atoms with van der Waals surface area (Å²) >= 11 is 0. The zero-order valence-electron chi connectivity index (χ0n) is 16.6. The largest absolute Gasteiger partial charge is 0.481 e. The predicted molar refractivity (Wildman–Crippen MR) is 109 cm³/mol. The lowest BCUT2D eigenvalue weighted by atomic mass is 10.0. The maximum Gasteiger partial charge on any atom is 0.303 e. The Kier molecular flexibility index (Phi) is 12.4. The second-order valence-corrected chi connectivity index (χ2v) is 6.92. The van der Waals surface area contributed by atoms with Crippen molar-refractivity contribution in [3.63, 3.8) is 0 Å². The summed E-state index contributed by atoms with van der Waals surface area (Å²) in [5.74, 6) is -0.807. The van der Waals surface area contributed by atoms with E-state index in [0.717, 1.165) is 6.42 Å². The number of carboxylic acids is 1. The van der Waals surface area contributed by atoms with Crippen LogP contribution in [0.1, 0.15) is 51.9 Å². The van der Waals surface area contributed by atoms with Crippen LogP contribution in [0.15, 0.2) is 48.6 Å². The van der Waals surface area contributed by atoms with Crippen LogP contribution >= 0.6 is 0 Å². The molecule has 1 heterocycles. The number of carbonyl (C=O) groups is 1. The summed E-state index contributed by atoms with van der Waals surface area (Å²) in [7, 11) is 0. The van der Waals surface area contributed by atoms with Crippen LogP contribution in [0, 0.1) is 0 Å². The lowest BCUT2D eigenvalue weighted by molar-refractivity contribution is -0.136. The normalized spacial score (nSPS) is 25.5. The maximum atomic E-state index is 10.4. The molecule has 1 aliphatic heterocycles. The van der Waals surface area contributed by atoms with Crippen molar-refractivity contribution >= 4 is 5.97 Å². The van der Waals surface area contributed by atoms with E-state index in [4.69, 9.17) is 9.84 Å². The minimum absolute atomic E-state index is 0.127. The lowest BCUT2D eigenvalue weighted by Gasteiger charge is -2.16. The van der Waals surface area contributed by atoms with Crippen molar-refractivity contribution in [2.75, 3.05) is 0 Å². The molecule has 0 spiro atoms. The Morgan fingerprint density at radius 2 is 1.82 bits per heavy atom. The molecule has 0 aromatic heterocycles. The zero-order chi connectivity index (χ0) is 20.8. The summed E-state index contributed by atoms with van der Waals surface area (Å²) in [6.45, 7) is 2.03. The fourth-order valence-corrected chi connectivity index (χ4v) is 2.84. The van der Waals surface area contributed by atoms with Gasteiger partial charge in [0, 0.05) is 12.8 Å². The Morgan fingerprint density at radius 1 is 1.11 bits per heavy atom. The molecule has 28 heavy (non-hydrogen) atoms. The minimum atomic E-state index is -0.807. The predicted octanol–water partition coefficient (Wildman–Crippen LogP) is 2.90. The van der Waals surface area contributed by atoms with Gasteiger partial charge in [-0.2, -0.15) is 0 Å². The number of aliphatic hydroxyl groups is 3. The first-order chi connectivity index (χ1) is 13.4. The zero-order valence-corrected chi connectivity index (χ0v) is 16.6. The van der Waals surface area contributed by atoms with Crippen molar-refractivity contribution in [2.45, 2.75) is 82.4 Å². The number of hydrogen-bond acceptors (Lipinski definition) is 5. The molecule has 1 saturated heterocycles. The molecule has 0 aromatic carbocycles. The number of allylic oxidation sites excluding steroid dienone is 4. The number of carboxylic acid groups (broad SMARTS) is 1. The van der Waals surface area contributed by atoms with Crippen molar-refractivity contribution in [2.24, 2.45) is 0 Å². The van der Waals surface area contributed by atoms with Crippen molar-refractivity contribution in [1.29, 1.82) is 0 Å². The smallest absolute Gasteiger partial charge is 0.303 e. The fraction of sp³-hybridized carbons (Fsp3) is 0.591. The summed E-state index contributed by atoms with van der Waals surface area (Å²) in [6.07, 6.45) is 15.2. The first kappa shape index (κ1) is 24.3. The molecule has 4 N–H and O–H groups in total. The minimum Gasteiger partial charge on any atom is -0.481 e. The molecule has 0 amide bonds. The molecule has 0 aliphatic carbocycles. The molecule has 0 aromatic rings. The third-order valence-corrected chi connectivity index (χ3v) is 4.42. The van der Waals surface area contributed by atoms with Gasteiger partial charge >= 0.3 is 5.97 Å². The van der Waals surface area contributed by atoms with Gasteiger partial charge in [-0.1, -0.05) is 55.5 Å². The van der Waals surface area contributed by atoms with E-state index in [1.54, 1.807) is 12.2 Å². The van der Waals surface area contributed by atoms with E-state index in [2.05, 4.69) is 0 Å². The average molecular weight is 395 g/mol. The standard InChI is InChI=1S/C22H34O6/c1-2-3-8-11-17(23)14-15-20-19(25)16-21(28-20)18(24)12-9-6-4-5-7-10-13-22(26)27/h3,5-9,14-15,17-21,23-25H,2,4,10-13,16H2,1H3,(H,26,27)/b7-5-,8-3-,9-6-,15-14+/t17-,18-,19-,20-,21+/m1/s1. The monoisotopic (exact) mass is 394 g/mol. The molecular weight excluding hydrogens is 360 g/mol. The van der Waals surface area contributed by atoms with E-state index in [9.17, 15) is 20.1 Å². The van der Waals surface area contributed by atoms with Crippen LogP contribution < -0.4 is 0 Å². The molecular formula is C22H34O6. The van der Waals surface area contributed by atoms with E-state index in [1.165, 1.54) is 0 Å². The second kappa shape index (κ2) is 14.3. The van der Waals surface area contributed by atoms with Crippen LogP contribution in [0.25, 0.3) is 0 Å². The van der Waals surface area contributed by atoms with Crippen molar-refractivity contribution in [3.05, 3.63) is 48.6 Å². The third kappa shape index (κ3) is 10.6. The van der Waals surface area contributed by atoms with E-state index in [1.807, 2.05) is 43.4 Å². The van der Waals surface area contributed by atoms with E-state index in [0.29, 0.717) is 32.1 Å². The van der Waals surface area contributed by atoms with Gasteiger partial charge in [-0.3, -0.25) is 4.79 Å². The molecule has 1 rings (SSSR count). The summed E-state index contributed by atoms with van der Waals surface area (Å²) in [5.41, 5.74) is 0. The first-order valence-electron chi connectivity index (χ1n) is 9.98. The van der Waals surface area contributed by atoms with Gasteiger partial charge in [-0.25, -0.2) is 0 Å². The van der Waals surface area contributed by atoms with Gasteiger partial charge in [-0.15, -0.1) is 0 Å². The molecule has 6 heteroatoms. The highest BCUT2D eigenvalue weighted by atomic mass is 16.5. The number of ether oxygens (including phenoxy) is 1. The summed E-state index contributed by atoms with van der Waals surface area (Å²) in [4.78, 5) is 10.4. The number of aliphatic hydroxyl groups excluding tert-OH is 3. The molecule has 6 nitrogen and oxygen atoms in total. The quantitative estimate of drug-likeness (QED) is 0.358. The molecule has 0 unspecified atom stereocenters. The second-order valence-electron chi connectivity index (χ2n) is 6.92. The Hall–Kier alpha value is -1.73. The highest BCUT2D eigenvalue weighted by molar-refractivity contribution is 5.66. The molecule has 1 aliphatic rings. The first-order valence-corrected chi connectivity index (χ1v) is 9.98. The average Bonchev–Trinajstić information content (AvgIpc) is 3.03. The molecule has 5 atom stereocenters. The third-order valence-electron chi connectivity index (χ3n) is 4.42. The maximum absolute atomic E-state index is 10.4. The summed E-state index contributed by atoms with van der Waals surface area (Å²) < 4.78 is 5.72. The Balaban J connectivity index is 2.31. The Bertz CT molecular complexity index is 551. The summed E-state index contributed by atoms with van der Waals surface area (Å²) in [5, 5.41) is 38.8. The topological polar surface area (TPSA) is 107 Å². The molecule has 1 fully saturated rings. The van der Waals surface area contributed by atoms with E-state index in [-0.39, 0.29) is 6.42 Å². The SMILES string of the molecule is CC/C=C\C[C@@H](O)/C=C/[C@H]1O[C@H]([C@H](O)C/C=C\C/C=C\CCC(=O)O)C[C@H]1O. The van der Waals surface area contributed by atoms with Gasteiger partial charge in [0.2, 0.25) is 0 Å². The molecule has 0 saturated carbocycles.